The lowest BCUT2D eigenvalue weighted by Crippen LogP contribution is -1.98. The molecule has 0 atom stereocenters. The number of hydrogen-bond acceptors (Lipinski definition) is 1. The maximum atomic E-state index is 5.34. The van der Waals surface area contributed by atoms with Gasteiger partial charge in [0.15, 0.2) is 0 Å². The molecule has 1 heteroatoms. The molecule has 0 spiro atoms. The van der Waals surface area contributed by atoms with Crippen LogP contribution in [0.25, 0.3) is 0 Å². The Bertz CT molecular complexity index is 53.9. The van der Waals surface area contributed by atoms with Crippen molar-refractivity contribution in [1.82, 2.24) is 0 Å². The van der Waals surface area contributed by atoms with Gasteiger partial charge in [0.2, 0.25) is 0 Å². The zero-order valence-corrected chi connectivity index (χ0v) is 7.81. The van der Waals surface area contributed by atoms with Crippen molar-refractivity contribution >= 4 is 0 Å². The van der Waals surface area contributed by atoms with Gasteiger partial charge in [0.25, 0.3) is 0 Å². The number of hydrogen-bond donors (Lipinski definition) is 1. The second-order valence-electron chi connectivity index (χ2n) is 3.08. The van der Waals surface area contributed by atoms with E-state index in [4.69, 9.17) is 5.73 Å². The Balaban J connectivity index is 2.69. The van der Waals surface area contributed by atoms with Gasteiger partial charge >= 0.3 is 0 Å². The topological polar surface area (TPSA) is 26.0 Å². The van der Waals surface area contributed by atoms with Gasteiger partial charge in [-0.15, -0.1) is 0 Å². The van der Waals surface area contributed by atoms with Crippen LogP contribution in [0.15, 0.2) is 0 Å². The molecule has 0 rings (SSSR count). The van der Waals surface area contributed by atoms with Gasteiger partial charge in [-0.05, 0) is 19.4 Å². The highest BCUT2D eigenvalue weighted by Gasteiger charge is 1.89. The highest BCUT2D eigenvalue weighted by molar-refractivity contribution is 4.63. The molecule has 11 heavy (non-hydrogen) atoms. The Kier molecular flexibility index (Phi) is 9.92. The van der Waals surface area contributed by atoms with E-state index in [1.807, 2.05) is 0 Å². The SMILES string of the molecule is CCCCCCCC[CH]CN. The third kappa shape index (κ3) is 9.96. The summed E-state index contributed by atoms with van der Waals surface area (Å²) in [5, 5.41) is 0. The van der Waals surface area contributed by atoms with Gasteiger partial charge in [-0.1, -0.05) is 45.4 Å². The summed E-state index contributed by atoms with van der Waals surface area (Å²) in [6.45, 7) is 3.00. The van der Waals surface area contributed by atoms with Crippen molar-refractivity contribution in [2.24, 2.45) is 5.73 Å². The van der Waals surface area contributed by atoms with Gasteiger partial charge in [0.05, 0.1) is 0 Å². The Morgan fingerprint density at radius 3 is 2.27 bits per heavy atom. The second-order valence-corrected chi connectivity index (χ2v) is 3.08. The quantitative estimate of drug-likeness (QED) is 0.537. The molecule has 1 radical (unpaired) electrons. The smallest absolute Gasteiger partial charge is 0.00457 e. The predicted molar refractivity (Wildman–Crippen MR) is 51.3 cm³/mol. The van der Waals surface area contributed by atoms with E-state index in [1.165, 1.54) is 44.9 Å². The standard InChI is InChI=1S/C10H22N/c1-2-3-4-5-6-7-8-9-10-11/h9H,2-8,10-11H2,1H3. The van der Waals surface area contributed by atoms with Gasteiger partial charge in [-0.3, -0.25) is 0 Å². The lowest BCUT2D eigenvalue weighted by molar-refractivity contribution is 0.603. The molecule has 67 valence electrons. The van der Waals surface area contributed by atoms with Crippen molar-refractivity contribution in [1.29, 1.82) is 0 Å². The normalized spacial score (nSPS) is 10.4. The van der Waals surface area contributed by atoms with Gasteiger partial charge in [-0.25, -0.2) is 0 Å². The molecule has 0 saturated heterocycles. The van der Waals surface area contributed by atoms with Crippen LogP contribution in [0.5, 0.6) is 0 Å². The molecular formula is C10H22N. The van der Waals surface area contributed by atoms with E-state index < -0.39 is 0 Å². The second kappa shape index (κ2) is 9.96. The van der Waals surface area contributed by atoms with Gasteiger partial charge in [0, 0.05) is 0 Å². The van der Waals surface area contributed by atoms with Crippen molar-refractivity contribution in [3.05, 3.63) is 6.42 Å². The van der Waals surface area contributed by atoms with Crippen molar-refractivity contribution in [2.45, 2.75) is 51.9 Å². The van der Waals surface area contributed by atoms with Crippen molar-refractivity contribution in [3.63, 3.8) is 0 Å². The molecule has 0 aliphatic rings. The van der Waals surface area contributed by atoms with Crippen molar-refractivity contribution in [3.8, 4) is 0 Å². The molecule has 0 aromatic rings. The first kappa shape index (κ1) is 11.0. The molecule has 0 aliphatic heterocycles. The van der Waals surface area contributed by atoms with Crippen LogP contribution in [0.2, 0.25) is 0 Å². The first-order valence-corrected chi connectivity index (χ1v) is 4.93. The lowest BCUT2D eigenvalue weighted by Gasteiger charge is -1.98. The molecule has 0 saturated carbocycles. The third-order valence-corrected chi connectivity index (χ3v) is 1.93. The fourth-order valence-corrected chi connectivity index (χ4v) is 1.19. The van der Waals surface area contributed by atoms with Crippen LogP contribution >= 0.6 is 0 Å². The molecular weight excluding hydrogens is 134 g/mol. The van der Waals surface area contributed by atoms with E-state index in [9.17, 15) is 0 Å². The van der Waals surface area contributed by atoms with Gasteiger partial charge < -0.3 is 5.73 Å². The summed E-state index contributed by atoms with van der Waals surface area (Å²) in [7, 11) is 0. The summed E-state index contributed by atoms with van der Waals surface area (Å²) in [6, 6.07) is 0. The third-order valence-electron chi connectivity index (χ3n) is 1.93. The van der Waals surface area contributed by atoms with Crippen molar-refractivity contribution in [2.75, 3.05) is 6.54 Å². The van der Waals surface area contributed by atoms with Crippen LogP contribution in [0, 0.1) is 6.42 Å². The van der Waals surface area contributed by atoms with Gasteiger partial charge in [-0.2, -0.15) is 0 Å². The highest BCUT2D eigenvalue weighted by atomic mass is 14.5. The van der Waals surface area contributed by atoms with Crippen LogP contribution in [-0.2, 0) is 0 Å². The zero-order valence-electron chi connectivity index (χ0n) is 7.81. The summed E-state index contributed by atoms with van der Waals surface area (Å²) in [5.41, 5.74) is 5.34. The van der Waals surface area contributed by atoms with E-state index in [-0.39, 0.29) is 0 Å². The zero-order chi connectivity index (χ0) is 8.36. The average Bonchev–Trinajstić information content (AvgIpc) is 2.03. The first-order chi connectivity index (χ1) is 5.41. The van der Waals surface area contributed by atoms with E-state index in [2.05, 4.69) is 13.3 Å². The Hall–Kier alpha value is -0.0400. The minimum atomic E-state index is 0.745. The van der Waals surface area contributed by atoms with E-state index in [1.54, 1.807) is 0 Å². The summed E-state index contributed by atoms with van der Waals surface area (Å²) in [6.07, 6.45) is 11.7. The van der Waals surface area contributed by atoms with Crippen LogP contribution in [0.4, 0.5) is 0 Å². The molecule has 0 fully saturated rings. The molecule has 0 heterocycles. The highest BCUT2D eigenvalue weighted by Crippen LogP contribution is 2.07. The van der Waals surface area contributed by atoms with Crippen molar-refractivity contribution < 1.29 is 0 Å². The molecule has 0 bridgehead atoms. The average molecular weight is 156 g/mol. The molecule has 0 unspecified atom stereocenters. The number of unbranched alkanes of at least 4 members (excludes halogenated alkanes) is 7. The molecule has 1 nitrogen and oxygen atoms in total. The fourth-order valence-electron chi connectivity index (χ4n) is 1.19. The van der Waals surface area contributed by atoms with Gasteiger partial charge in [0.1, 0.15) is 0 Å². The minimum absolute atomic E-state index is 0.745. The Morgan fingerprint density at radius 2 is 1.64 bits per heavy atom. The molecule has 0 aliphatic carbocycles. The van der Waals surface area contributed by atoms with Crippen LogP contribution in [-0.4, -0.2) is 6.54 Å². The van der Waals surface area contributed by atoms with Crippen LogP contribution in [0.1, 0.15) is 51.9 Å². The van der Waals surface area contributed by atoms with Crippen LogP contribution < -0.4 is 5.73 Å². The molecule has 0 amide bonds. The summed E-state index contributed by atoms with van der Waals surface area (Å²) in [5.74, 6) is 0. The Morgan fingerprint density at radius 1 is 1.00 bits per heavy atom. The lowest BCUT2D eigenvalue weighted by atomic mass is 10.1. The maximum absolute atomic E-state index is 5.34. The monoisotopic (exact) mass is 156 g/mol. The number of rotatable bonds is 8. The summed E-state index contributed by atoms with van der Waals surface area (Å²) in [4.78, 5) is 0. The minimum Gasteiger partial charge on any atom is -0.330 e. The number of nitrogens with two attached hydrogens (primary N) is 1. The first-order valence-electron chi connectivity index (χ1n) is 4.93. The van der Waals surface area contributed by atoms with E-state index >= 15 is 0 Å². The largest absolute Gasteiger partial charge is 0.330 e. The Labute approximate surface area is 71.4 Å². The maximum Gasteiger partial charge on any atom is -0.00457 e. The fraction of sp³-hybridized carbons (Fsp3) is 0.900. The molecule has 2 N–H and O–H groups in total. The molecule has 0 aromatic heterocycles. The molecule has 0 aromatic carbocycles. The van der Waals surface area contributed by atoms with E-state index in [0.717, 1.165) is 6.54 Å². The summed E-state index contributed by atoms with van der Waals surface area (Å²) < 4.78 is 0. The van der Waals surface area contributed by atoms with Crippen LogP contribution in [0.3, 0.4) is 0 Å². The van der Waals surface area contributed by atoms with E-state index in [0.29, 0.717) is 0 Å². The summed E-state index contributed by atoms with van der Waals surface area (Å²) >= 11 is 0. The predicted octanol–water partition coefficient (Wildman–Crippen LogP) is 2.90.